The van der Waals surface area contributed by atoms with Crippen molar-refractivity contribution in [2.45, 2.75) is 44.2 Å². The van der Waals surface area contributed by atoms with Crippen LogP contribution in [0.25, 0.3) is 0 Å². The average Bonchev–Trinajstić information content (AvgIpc) is 2.54. The molecule has 0 saturated carbocycles. The van der Waals surface area contributed by atoms with E-state index in [-0.39, 0.29) is 24.6 Å². The van der Waals surface area contributed by atoms with Crippen molar-refractivity contribution in [3.8, 4) is 0 Å². The average molecular weight is 172 g/mol. The van der Waals surface area contributed by atoms with E-state index in [0.29, 0.717) is 6.61 Å². The second-order valence-electron chi connectivity index (χ2n) is 3.94. The Labute approximate surface area is 70.7 Å². The molecule has 2 bridgehead atoms. The minimum absolute atomic E-state index is 0.0150. The van der Waals surface area contributed by atoms with Gasteiger partial charge in [-0.25, -0.2) is 0 Å². The molecule has 0 aromatic carbocycles. The first-order valence-electron chi connectivity index (χ1n) is 4.28. The van der Waals surface area contributed by atoms with Gasteiger partial charge in [0.2, 0.25) is 0 Å². The van der Waals surface area contributed by atoms with Gasteiger partial charge in [-0.05, 0) is 13.8 Å². The van der Waals surface area contributed by atoms with Crippen molar-refractivity contribution in [2.24, 2.45) is 0 Å². The highest BCUT2D eigenvalue weighted by molar-refractivity contribution is 4.98. The molecule has 4 heteroatoms. The molecule has 0 amide bonds. The van der Waals surface area contributed by atoms with Gasteiger partial charge in [0.25, 0.3) is 0 Å². The predicted molar refractivity (Wildman–Crippen MR) is 38.4 cm³/mol. The van der Waals surface area contributed by atoms with E-state index in [1.807, 2.05) is 13.8 Å². The van der Waals surface area contributed by atoms with Gasteiger partial charge >= 0.3 is 0 Å². The number of hydrogen-bond donors (Lipinski definition) is 0. The van der Waals surface area contributed by atoms with Gasteiger partial charge in [-0.3, -0.25) is 0 Å². The van der Waals surface area contributed by atoms with Crippen molar-refractivity contribution in [1.29, 1.82) is 0 Å². The molecule has 12 heavy (non-hydrogen) atoms. The van der Waals surface area contributed by atoms with Gasteiger partial charge in [-0.2, -0.15) is 0 Å². The first-order valence-corrected chi connectivity index (χ1v) is 4.28. The Morgan fingerprint density at radius 3 is 2.67 bits per heavy atom. The molecule has 4 atom stereocenters. The topological polar surface area (TPSA) is 36.9 Å². The SMILES string of the molecule is CC1(C)OC2C3COC(O3)C2O1. The second-order valence-corrected chi connectivity index (χ2v) is 3.94. The summed E-state index contributed by atoms with van der Waals surface area (Å²) in [7, 11) is 0. The quantitative estimate of drug-likeness (QED) is 0.525. The Morgan fingerprint density at radius 2 is 1.92 bits per heavy atom. The van der Waals surface area contributed by atoms with E-state index in [9.17, 15) is 0 Å². The highest BCUT2D eigenvalue weighted by Gasteiger charge is 2.59. The second kappa shape index (κ2) is 2.01. The molecule has 0 aliphatic carbocycles. The molecule has 0 aromatic heterocycles. The minimum Gasteiger partial charge on any atom is -0.347 e. The summed E-state index contributed by atoms with van der Waals surface area (Å²) in [6, 6.07) is 0. The first kappa shape index (κ1) is 7.26. The summed E-state index contributed by atoms with van der Waals surface area (Å²) in [6.45, 7) is 4.49. The number of rotatable bonds is 0. The van der Waals surface area contributed by atoms with Crippen LogP contribution in [0.1, 0.15) is 13.8 Å². The maximum Gasteiger partial charge on any atom is 0.187 e. The summed E-state index contributed by atoms with van der Waals surface area (Å²) in [5, 5.41) is 0. The fourth-order valence-corrected chi connectivity index (χ4v) is 2.10. The largest absolute Gasteiger partial charge is 0.347 e. The van der Waals surface area contributed by atoms with Crippen LogP contribution >= 0.6 is 0 Å². The van der Waals surface area contributed by atoms with E-state index in [1.165, 1.54) is 0 Å². The number of ether oxygens (including phenoxy) is 4. The highest BCUT2D eigenvalue weighted by Crippen LogP contribution is 2.42. The molecule has 0 radical (unpaired) electrons. The van der Waals surface area contributed by atoms with Crippen molar-refractivity contribution < 1.29 is 18.9 Å². The minimum atomic E-state index is -0.469. The van der Waals surface area contributed by atoms with E-state index < -0.39 is 5.79 Å². The monoisotopic (exact) mass is 172 g/mol. The molecule has 3 aliphatic rings. The van der Waals surface area contributed by atoms with Crippen molar-refractivity contribution in [3.63, 3.8) is 0 Å². The first-order chi connectivity index (χ1) is 5.66. The summed E-state index contributed by atoms with van der Waals surface area (Å²) in [5.74, 6) is -0.469. The van der Waals surface area contributed by atoms with Crippen LogP contribution in [0.15, 0.2) is 0 Å². The maximum absolute atomic E-state index is 5.68. The van der Waals surface area contributed by atoms with Crippen molar-refractivity contribution in [3.05, 3.63) is 0 Å². The Bertz CT molecular complexity index is 195. The van der Waals surface area contributed by atoms with Gasteiger partial charge in [0.15, 0.2) is 12.1 Å². The van der Waals surface area contributed by atoms with Crippen LogP contribution in [0, 0.1) is 0 Å². The molecule has 68 valence electrons. The van der Waals surface area contributed by atoms with Crippen molar-refractivity contribution >= 4 is 0 Å². The van der Waals surface area contributed by atoms with E-state index >= 15 is 0 Å². The molecule has 3 fully saturated rings. The molecule has 0 aromatic rings. The summed E-state index contributed by atoms with van der Waals surface area (Å²) >= 11 is 0. The highest BCUT2D eigenvalue weighted by atomic mass is 16.8. The third-order valence-corrected chi connectivity index (χ3v) is 2.53. The molecule has 3 aliphatic heterocycles. The predicted octanol–water partition coefficient (Wildman–Crippen LogP) is 0.262. The fourth-order valence-electron chi connectivity index (χ4n) is 2.10. The van der Waals surface area contributed by atoms with E-state index in [1.54, 1.807) is 0 Å². The summed E-state index contributed by atoms with van der Waals surface area (Å²) in [5.41, 5.74) is 0. The lowest BCUT2D eigenvalue weighted by Crippen LogP contribution is -2.37. The molecule has 3 heterocycles. The zero-order valence-corrected chi connectivity index (χ0v) is 7.15. The summed E-state index contributed by atoms with van der Waals surface area (Å²) in [4.78, 5) is 0. The van der Waals surface area contributed by atoms with Crippen LogP contribution in [-0.4, -0.2) is 37.0 Å². The molecule has 3 rings (SSSR count). The van der Waals surface area contributed by atoms with Crippen LogP contribution in [0.5, 0.6) is 0 Å². The van der Waals surface area contributed by atoms with Gasteiger partial charge < -0.3 is 18.9 Å². The lowest BCUT2D eigenvalue weighted by atomic mass is 10.1. The normalized spacial score (nSPS) is 54.5. The van der Waals surface area contributed by atoms with E-state index in [0.717, 1.165) is 0 Å². The van der Waals surface area contributed by atoms with Gasteiger partial charge in [0.05, 0.1) is 6.61 Å². The zero-order chi connectivity index (χ0) is 8.34. The van der Waals surface area contributed by atoms with Gasteiger partial charge in [0.1, 0.15) is 18.3 Å². The van der Waals surface area contributed by atoms with Crippen LogP contribution in [0.2, 0.25) is 0 Å². The number of fused-ring (bicyclic) bond motifs is 5. The third kappa shape index (κ3) is 0.808. The lowest BCUT2D eigenvalue weighted by molar-refractivity contribution is -0.192. The summed E-state index contributed by atoms with van der Waals surface area (Å²) in [6.07, 6.45) is -0.0407. The zero-order valence-electron chi connectivity index (χ0n) is 7.15. The van der Waals surface area contributed by atoms with Crippen molar-refractivity contribution in [1.82, 2.24) is 0 Å². The van der Waals surface area contributed by atoms with Crippen LogP contribution in [0.4, 0.5) is 0 Å². The van der Waals surface area contributed by atoms with Crippen molar-refractivity contribution in [2.75, 3.05) is 6.61 Å². The van der Waals surface area contributed by atoms with E-state index in [2.05, 4.69) is 0 Å². The standard InChI is InChI=1S/C8H12O4/c1-8(2)11-5-4-3-9-7(10-4)6(5)12-8/h4-7H,3H2,1-2H3. The smallest absolute Gasteiger partial charge is 0.187 e. The molecular formula is C8H12O4. The third-order valence-electron chi connectivity index (χ3n) is 2.53. The fraction of sp³-hybridized carbons (Fsp3) is 1.00. The maximum atomic E-state index is 5.68. The Hall–Kier alpha value is -0.160. The molecule has 4 unspecified atom stereocenters. The number of hydrogen-bond acceptors (Lipinski definition) is 4. The van der Waals surface area contributed by atoms with Gasteiger partial charge in [0, 0.05) is 0 Å². The van der Waals surface area contributed by atoms with Crippen LogP contribution < -0.4 is 0 Å². The molecule has 0 N–H and O–H groups in total. The summed E-state index contributed by atoms with van der Waals surface area (Å²) < 4.78 is 22.1. The molecule has 3 saturated heterocycles. The molecular weight excluding hydrogens is 160 g/mol. The molecule has 0 spiro atoms. The van der Waals surface area contributed by atoms with Gasteiger partial charge in [-0.1, -0.05) is 0 Å². The van der Waals surface area contributed by atoms with E-state index in [4.69, 9.17) is 18.9 Å². The van der Waals surface area contributed by atoms with Crippen LogP contribution in [0.3, 0.4) is 0 Å². The van der Waals surface area contributed by atoms with Gasteiger partial charge in [-0.15, -0.1) is 0 Å². The molecule has 4 nitrogen and oxygen atoms in total. The Balaban J connectivity index is 1.87. The lowest BCUT2D eigenvalue weighted by Gasteiger charge is -2.19. The Morgan fingerprint density at radius 1 is 1.17 bits per heavy atom. The Kier molecular flexibility index (Phi) is 1.22. The van der Waals surface area contributed by atoms with Crippen LogP contribution in [-0.2, 0) is 18.9 Å².